The molecule has 0 radical (unpaired) electrons. The number of thioether (sulfide) groups is 1. The van der Waals surface area contributed by atoms with Gasteiger partial charge in [0.15, 0.2) is 0 Å². The number of unbranched alkanes of at least 4 members (excludes halogenated alkanes) is 1. The van der Waals surface area contributed by atoms with Crippen molar-refractivity contribution < 1.29 is 9.59 Å². The van der Waals surface area contributed by atoms with Crippen LogP contribution in [-0.4, -0.2) is 17.6 Å². The first kappa shape index (κ1) is 20.5. The van der Waals surface area contributed by atoms with Crippen LogP contribution in [0, 0.1) is 0 Å². The second kappa shape index (κ2) is 9.28. The molecule has 2 aromatic rings. The number of amides is 2. The summed E-state index contributed by atoms with van der Waals surface area (Å²) in [5.74, 6) is 1.07. The maximum absolute atomic E-state index is 12.6. The van der Waals surface area contributed by atoms with E-state index in [4.69, 9.17) is 0 Å². The van der Waals surface area contributed by atoms with E-state index in [1.165, 1.54) is 5.56 Å². The summed E-state index contributed by atoms with van der Waals surface area (Å²) in [6, 6.07) is 16.1. The molecule has 1 fully saturated rings. The fraction of sp³-hybridized carbons (Fsp3) is 0.391. The van der Waals surface area contributed by atoms with E-state index < -0.39 is 0 Å². The summed E-state index contributed by atoms with van der Waals surface area (Å²) in [4.78, 5) is 26.5. The van der Waals surface area contributed by atoms with E-state index in [0.717, 1.165) is 29.8 Å². The zero-order valence-electron chi connectivity index (χ0n) is 16.8. The van der Waals surface area contributed by atoms with E-state index in [9.17, 15) is 9.59 Å². The van der Waals surface area contributed by atoms with Gasteiger partial charge in [-0.15, -0.1) is 11.8 Å². The van der Waals surface area contributed by atoms with Gasteiger partial charge in [-0.05, 0) is 47.7 Å². The molecule has 1 heterocycles. The number of rotatable bonds is 7. The first-order chi connectivity index (χ1) is 13.5. The largest absolute Gasteiger partial charge is 0.326 e. The van der Waals surface area contributed by atoms with Crippen molar-refractivity contribution in [3.8, 4) is 0 Å². The Morgan fingerprint density at radius 3 is 2.64 bits per heavy atom. The Kier molecular flexibility index (Phi) is 6.79. The van der Waals surface area contributed by atoms with E-state index in [0.29, 0.717) is 18.1 Å². The van der Waals surface area contributed by atoms with Gasteiger partial charge in [-0.1, -0.05) is 51.5 Å². The Bertz CT molecular complexity index is 833. The van der Waals surface area contributed by atoms with Gasteiger partial charge in [0.2, 0.25) is 11.8 Å². The molecule has 0 unspecified atom stereocenters. The molecular formula is C23H28N2O2S. The van der Waals surface area contributed by atoms with Crippen molar-refractivity contribution in [1.82, 2.24) is 0 Å². The topological polar surface area (TPSA) is 49.4 Å². The molecule has 1 saturated heterocycles. The fourth-order valence-electron chi connectivity index (χ4n) is 3.30. The lowest BCUT2D eigenvalue weighted by Gasteiger charge is -2.25. The van der Waals surface area contributed by atoms with Crippen molar-refractivity contribution in [2.45, 2.75) is 51.3 Å². The molecule has 148 valence electrons. The van der Waals surface area contributed by atoms with Gasteiger partial charge in [-0.2, -0.15) is 0 Å². The summed E-state index contributed by atoms with van der Waals surface area (Å²) >= 11 is 1.62. The van der Waals surface area contributed by atoms with Gasteiger partial charge in [0.25, 0.3) is 0 Å². The predicted molar refractivity (Wildman–Crippen MR) is 118 cm³/mol. The first-order valence-corrected chi connectivity index (χ1v) is 11.0. The van der Waals surface area contributed by atoms with Crippen LogP contribution in [0.3, 0.4) is 0 Å². The molecule has 1 aliphatic rings. The molecule has 2 aromatic carbocycles. The number of nitrogens with one attached hydrogen (secondary N) is 1. The zero-order chi connectivity index (χ0) is 20.1. The average molecular weight is 397 g/mol. The van der Waals surface area contributed by atoms with Crippen LogP contribution in [0.25, 0.3) is 0 Å². The Morgan fingerprint density at radius 1 is 1.21 bits per heavy atom. The number of anilines is 2. The highest BCUT2D eigenvalue weighted by Crippen LogP contribution is 2.42. The second-order valence-corrected chi connectivity index (χ2v) is 8.52. The van der Waals surface area contributed by atoms with E-state index >= 15 is 0 Å². The van der Waals surface area contributed by atoms with Crippen molar-refractivity contribution >= 4 is 35.0 Å². The molecule has 0 spiro atoms. The van der Waals surface area contributed by atoms with Crippen LogP contribution in [0.15, 0.2) is 48.5 Å². The average Bonchev–Trinajstić information content (AvgIpc) is 3.08. The molecule has 1 atom stereocenters. The molecule has 3 rings (SSSR count). The maximum atomic E-state index is 12.6. The molecule has 2 amide bonds. The SMILES string of the molecule is CCCCC(=O)Nc1cccc([C@@H]2SCC(=O)N2c2ccc(C(C)C)cc2)c1. The fourth-order valence-corrected chi connectivity index (χ4v) is 4.47. The molecule has 0 bridgehead atoms. The number of hydrogen-bond donors (Lipinski definition) is 1. The third-order valence-electron chi connectivity index (χ3n) is 4.92. The van der Waals surface area contributed by atoms with E-state index in [1.54, 1.807) is 11.8 Å². The number of hydrogen-bond acceptors (Lipinski definition) is 3. The highest BCUT2D eigenvalue weighted by atomic mass is 32.2. The summed E-state index contributed by atoms with van der Waals surface area (Å²) in [5.41, 5.74) is 3.99. The summed E-state index contributed by atoms with van der Waals surface area (Å²) in [5, 5.41) is 2.90. The highest BCUT2D eigenvalue weighted by molar-refractivity contribution is 8.00. The molecule has 1 aliphatic heterocycles. The van der Waals surface area contributed by atoms with Crippen LogP contribution in [0.2, 0.25) is 0 Å². The third-order valence-corrected chi connectivity index (χ3v) is 6.13. The molecule has 4 nitrogen and oxygen atoms in total. The summed E-state index contributed by atoms with van der Waals surface area (Å²) in [7, 11) is 0. The molecule has 0 saturated carbocycles. The smallest absolute Gasteiger partial charge is 0.238 e. The second-order valence-electron chi connectivity index (χ2n) is 7.45. The van der Waals surface area contributed by atoms with Gasteiger partial charge in [0.1, 0.15) is 5.37 Å². The molecule has 5 heteroatoms. The first-order valence-electron chi connectivity index (χ1n) is 9.93. The predicted octanol–water partition coefficient (Wildman–Crippen LogP) is 5.72. The Morgan fingerprint density at radius 2 is 1.96 bits per heavy atom. The van der Waals surface area contributed by atoms with Crippen LogP contribution >= 0.6 is 11.8 Å². The molecule has 0 aliphatic carbocycles. The lowest BCUT2D eigenvalue weighted by Crippen LogP contribution is -2.27. The Labute approximate surface area is 171 Å². The molecule has 1 N–H and O–H groups in total. The van der Waals surface area contributed by atoms with Gasteiger partial charge < -0.3 is 5.32 Å². The standard InChI is InChI=1S/C23H28N2O2S/c1-4-5-9-21(26)24-19-8-6-7-18(14-19)23-25(22(27)15-28-23)20-12-10-17(11-13-20)16(2)3/h6-8,10-14,16,23H,4-5,9,15H2,1-3H3,(H,24,26)/t23-/m0/s1. The quantitative estimate of drug-likeness (QED) is 0.651. The minimum atomic E-state index is -0.0788. The van der Waals surface area contributed by atoms with Gasteiger partial charge >= 0.3 is 0 Å². The normalized spacial score (nSPS) is 16.6. The van der Waals surface area contributed by atoms with Gasteiger partial charge in [-0.3, -0.25) is 14.5 Å². The molecule has 28 heavy (non-hydrogen) atoms. The van der Waals surface area contributed by atoms with Crippen LogP contribution in [0.5, 0.6) is 0 Å². The van der Waals surface area contributed by atoms with E-state index in [-0.39, 0.29) is 17.2 Å². The zero-order valence-corrected chi connectivity index (χ0v) is 17.6. The number of nitrogens with zero attached hydrogens (tertiary/aromatic N) is 1. The molecular weight excluding hydrogens is 368 g/mol. The third kappa shape index (κ3) is 4.76. The van der Waals surface area contributed by atoms with Crippen LogP contribution < -0.4 is 10.2 Å². The monoisotopic (exact) mass is 396 g/mol. The summed E-state index contributed by atoms with van der Waals surface area (Å²) in [6.45, 7) is 6.40. The van der Waals surface area contributed by atoms with Gasteiger partial charge in [0.05, 0.1) is 5.75 Å². The minimum Gasteiger partial charge on any atom is -0.326 e. The van der Waals surface area contributed by atoms with Crippen LogP contribution in [0.4, 0.5) is 11.4 Å². The lowest BCUT2D eigenvalue weighted by atomic mass is 10.0. The number of carbonyl (C=O) groups excluding carboxylic acids is 2. The minimum absolute atomic E-state index is 0.0373. The van der Waals surface area contributed by atoms with E-state index in [2.05, 4.69) is 38.2 Å². The lowest BCUT2D eigenvalue weighted by molar-refractivity contribution is -0.116. The van der Waals surface area contributed by atoms with Crippen molar-refractivity contribution in [2.75, 3.05) is 16.0 Å². The van der Waals surface area contributed by atoms with Crippen LogP contribution in [-0.2, 0) is 9.59 Å². The van der Waals surface area contributed by atoms with Gasteiger partial charge in [-0.25, -0.2) is 0 Å². The van der Waals surface area contributed by atoms with Crippen molar-refractivity contribution in [1.29, 1.82) is 0 Å². The Balaban J connectivity index is 1.80. The van der Waals surface area contributed by atoms with Crippen molar-refractivity contribution in [3.63, 3.8) is 0 Å². The van der Waals surface area contributed by atoms with Crippen LogP contribution in [0.1, 0.15) is 62.5 Å². The maximum Gasteiger partial charge on any atom is 0.238 e. The number of benzene rings is 2. The highest BCUT2D eigenvalue weighted by Gasteiger charge is 2.34. The van der Waals surface area contributed by atoms with Gasteiger partial charge in [0, 0.05) is 17.8 Å². The van der Waals surface area contributed by atoms with Crippen molar-refractivity contribution in [3.05, 3.63) is 59.7 Å². The van der Waals surface area contributed by atoms with E-state index in [1.807, 2.05) is 41.3 Å². The van der Waals surface area contributed by atoms with Crippen molar-refractivity contribution in [2.24, 2.45) is 0 Å². The number of carbonyl (C=O) groups is 2. The summed E-state index contributed by atoms with van der Waals surface area (Å²) in [6.07, 6.45) is 2.42. The summed E-state index contributed by atoms with van der Waals surface area (Å²) < 4.78 is 0. The molecule has 0 aromatic heterocycles. The Hall–Kier alpha value is -2.27.